The first-order valence-electron chi connectivity index (χ1n) is 6.88. The minimum absolute atomic E-state index is 0.0778. The van der Waals surface area contributed by atoms with Gasteiger partial charge in [-0.15, -0.1) is 0 Å². The van der Waals surface area contributed by atoms with Crippen LogP contribution in [0.5, 0.6) is 0 Å². The maximum Gasteiger partial charge on any atom is 0.206 e. The molecule has 1 aliphatic rings. The number of ketones is 1. The van der Waals surface area contributed by atoms with Crippen molar-refractivity contribution in [3.8, 4) is 0 Å². The Morgan fingerprint density at radius 2 is 1.81 bits per heavy atom. The SMILES string of the molecule is Cc1ccc(N/N=C2\C(=O)C=Cc3ccccc32)c(C)c1. The molecule has 21 heavy (non-hydrogen) atoms. The molecule has 0 aromatic heterocycles. The van der Waals surface area contributed by atoms with Gasteiger partial charge in [0, 0.05) is 5.56 Å². The van der Waals surface area contributed by atoms with Gasteiger partial charge in [-0.25, -0.2) is 0 Å². The summed E-state index contributed by atoms with van der Waals surface area (Å²) in [5.41, 5.74) is 8.56. The highest BCUT2D eigenvalue weighted by Gasteiger charge is 2.18. The number of carbonyl (C=O) groups excluding carboxylic acids is 1. The molecule has 0 amide bonds. The first-order valence-corrected chi connectivity index (χ1v) is 6.88. The third-order valence-electron chi connectivity index (χ3n) is 3.53. The summed E-state index contributed by atoms with van der Waals surface area (Å²) < 4.78 is 0. The third kappa shape index (κ3) is 2.63. The zero-order valence-electron chi connectivity index (χ0n) is 12.1. The van der Waals surface area contributed by atoms with Crippen molar-refractivity contribution in [3.05, 3.63) is 70.8 Å². The van der Waals surface area contributed by atoms with Crippen molar-refractivity contribution in [1.82, 2.24) is 0 Å². The van der Waals surface area contributed by atoms with Crippen molar-refractivity contribution in [2.75, 3.05) is 5.43 Å². The monoisotopic (exact) mass is 276 g/mol. The molecule has 1 N–H and O–H groups in total. The standard InChI is InChI=1S/C18H16N2O/c1-12-7-9-16(13(2)11-12)19-20-18-15-6-4-3-5-14(15)8-10-17(18)21/h3-11,19H,1-2H3/b20-18-. The lowest BCUT2D eigenvalue weighted by atomic mass is 9.95. The molecule has 0 bridgehead atoms. The molecule has 2 aromatic carbocycles. The lowest BCUT2D eigenvalue weighted by Crippen LogP contribution is -2.19. The van der Waals surface area contributed by atoms with E-state index in [9.17, 15) is 4.79 Å². The fourth-order valence-corrected chi connectivity index (χ4v) is 2.41. The van der Waals surface area contributed by atoms with Crippen molar-refractivity contribution in [2.45, 2.75) is 13.8 Å². The smallest absolute Gasteiger partial charge is 0.206 e. The number of hydrogen-bond donors (Lipinski definition) is 1. The number of aryl methyl sites for hydroxylation is 2. The number of anilines is 1. The van der Waals surface area contributed by atoms with E-state index in [-0.39, 0.29) is 5.78 Å². The molecule has 104 valence electrons. The van der Waals surface area contributed by atoms with E-state index >= 15 is 0 Å². The number of rotatable bonds is 2. The highest BCUT2D eigenvalue weighted by molar-refractivity contribution is 6.52. The molecule has 3 rings (SSSR count). The fourth-order valence-electron chi connectivity index (χ4n) is 2.41. The van der Waals surface area contributed by atoms with Gasteiger partial charge in [0.2, 0.25) is 5.78 Å². The summed E-state index contributed by atoms with van der Waals surface area (Å²) in [6, 6.07) is 13.8. The average Bonchev–Trinajstić information content (AvgIpc) is 2.48. The quantitative estimate of drug-likeness (QED) is 0.849. The molecule has 0 spiro atoms. The Labute approximate surface area is 124 Å². The van der Waals surface area contributed by atoms with E-state index in [1.807, 2.05) is 56.3 Å². The van der Waals surface area contributed by atoms with Crippen LogP contribution in [0.2, 0.25) is 0 Å². The maximum absolute atomic E-state index is 12.1. The molecule has 0 saturated carbocycles. The second-order valence-electron chi connectivity index (χ2n) is 5.18. The van der Waals surface area contributed by atoms with E-state index in [4.69, 9.17) is 0 Å². The Balaban J connectivity index is 1.96. The summed E-state index contributed by atoms with van der Waals surface area (Å²) in [6.07, 6.45) is 3.39. The second-order valence-corrected chi connectivity index (χ2v) is 5.18. The highest BCUT2D eigenvalue weighted by atomic mass is 16.1. The van der Waals surface area contributed by atoms with E-state index in [1.165, 1.54) is 5.56 Å². The predicted octanol–water partition coefficient (Wildman–Crippen LogP) is 3.72. The molecule has 0 radical (unpaired) electrons. The molecular formula is C18H16N2O. The Bertz CT molecular complexity index is 773. The number of allylic oxidation sites excluding steroid dienone is 1. The Morgan fingerprint density at radius 3 is 2.62 bits per heavy atom. The van der Waals surface area contributed by atoms with Crippen molar-refractivity contribution in [3.63, 3.8) is 0 Å². The molecule has 0 heterocycles. The first kappa shape index (κ1) is 13.3. The fraction of sp³-hybridized carbons (Fsp3) is 0.111. The van der Waals surface area contributed by atoms with Crippen LogP contribution in [0, 0.1) is 13.8 Å². The number of fused-ring (bicyclic) bond motifs is 1. The van der Waals surface area contributed by atoms with E-state index in [0.29, 0.717) is 5.71 Å². The highest BCUT2D eigenvalue weighted by Crippen LogP contribution is 2.20. The zero-order valence-corrected chi connectivity index (χ0v) is 12.1. The van der Waals surface area contributed by atoms with Crippen LogP contribution in [0.3, 0.4) is 0 Å². The lowest BCUT2D eigenvalue weighted by molar-refractivity contribution is -0.108. The molecule has 3 heteroatoms. The van der Waals surface area contributed by atoms with Gasteiger partial charge in [-0.05, 0) is 37.1 Å². The van der Waals surface area contributed by atoms with Crippen LogP contribution < -0.4 is 5.43 Å². The molecular weight excluding hydrogens is 260 g/mol. The molecule has 0 unspecified atom stereocenters. The summed E-state index contributed by atoms with van der Waals surface area (Å²) in [5, 5.41) is 4.33. The van der Waals surface area contributed by atoms with E-state index in [1.54, 1.807) is 6.08 Å². The van der Waals surface area contributed by atoms with Crippen molar-refractivity contribution < 1.29 is 4.79 Å². The van der Waals surface area contributed by atoms with E-state index < -0.39 is 0 Å². The minimum Gasteiger partial charge on any atom is -0.287 e. The van der Waals surface area contributed by atoms with Crippen LogP contribution in [0.25, 0.3) is 6.08 Å². The first-order chi connectivity index (χ1) is 10.1. The van der Waals surface area contributed by atoms with Crippen molar-refractivity contribution in [2.24, 2.45) is 5.10 Å². The molecule has 0 atom stereocenters. The van der Waals surface area contributed by atoms with Gasteiger partial charge in [-0.1, -0.05) is 48.0 Å². The molecule has 2 aromatic rings. The van der Waals surface area contributed by atoms with Gasteiger partial charge < -0.3 is 0 Å². The van der Waals surface area contributed by atoms with Crippen LogP contribution in [0.1, 0.15) is 22.3 Å². The Morgan fingerprint density at radius 1 is 1.00 bits per heavy atom. The number of hydrogen-bond acceptors (Lipinski definition) is 3. The van der Waals surface area contributed by atoms with Gasteiger partial charge in [0.15, 0.2) is 0 Å². The number of hydrazone groups is 1. The van der Waals surface area contributed by atoms with Crippen LogP contribution in [0.4, 0.5) is 5.69 Å². The lowest BCUT2D eigenvalue weighted by Gasteiger charge is -2.13. The van der Waals surface area contributed by atoms with Gasteiger partial charge in [0.25, 0.3) is 0 Å². The summed E-state index contributed by atoms with van der Waals surface area (Å²) in [4.78, 5) is 12.1. The maximum atomic E-state index is 12.1. The van der Waals surface area contributed by atoms with Crippen molar-refractivity contribution >= 4 is 23.3 Å². The number of nitrogens with zero attached hydrogens (tertiary/aromatic N) is 1. The Kier molecular flexibility index (Phi) is 3.40. The molecule has 0 saturated heterocycles. The van der Waals surface area contributed by atoms with Gasteiger partial charge >= 0.3 is 0 Å². The summed E-state index contributed by atoms with van der Waals surface area (Å²) in [7, 11) is 0. The zero-order chi connectivity index (χ0) is 14.8. The summed E-state index contributed by atoms with van der Waals surface area (Å²) >= 11 is 0. The molecule has 1 aliphatic carbocycles. The number of nitrogens with one attached hydrogen (secondary N) is 1. The third-order valence-corrected chi connectivity index (χ3v) is 3.53. The van der Waals surface area contributed by atoms with Crippen LogP contribution in [0.15, 0.2) is 53.6 Å². The topological polar surface area (TPSA) is 41.5 Å². The molecule has 0 aliphatic heterocycles. The summed E-state index contributed by atoms with van der Waals surface area (Å²) in [5.74, 6) is -0.0778. The number of benzene rings is 2. The minimum atomic E-state index is -0.0778. The molecule has 3 nitrogen and oxygen atoms in total. The Hall–Kier alpha value is -2.68. The predicted molar refractivity (Wildman–Crippen MR) is 86.6 cm³/mol. The van der Waals surface area contributed by atoms with Crippen LogP contribution in [-0.4, -0.2) is 11.5 Å². The summed E-state index contributed by atoms with van der Waals surface area (Å²) in [6.45, 7) is 4.07. The van der Waals surface area contributed by atoms with Gasteiger partial charge in [-0.3, -0.25) is 10.2 Å². The van der Waals surface area contributed by atoms with Gasteiger partial charge in [0.1, 0.15) is 5.71 Å². The van der Waals surface area contributed by atoms with E-state index in [0.717, 1.165) is 22.4 Å². The second kappa shape index (κ2) is 5.37. The number of carbonyl (C=O) groups is 1. The van der Waals surface area contributed by atoms with Gasteiger partial charge in [0.05, 0.1) is 5.69 Å². The van der Waals surface area contributed by atoms with Crippen LogP contribution >= 0.6 is 0 Å². The molecule has 0 fully saturated rings. The van der Waals surface area contributed by atoms with Crippen molar-refractivity contribution in [1.29, 1.82) is 0 Å². The van der Waals surface area contributed by atoms with Crippen LogP contribution in [-0.2, 0) is 4.79 Å². The average molecular weight is 276 g/mol. The van der Waals surface area contributed by atoms with E-state index in [2.05, 4.69) is 16.6 Å². The normalized spacial score (nSPS) is 15.1. The van der Waals surface area contributed by atoms with Gasteiger partial charge in [-0.2, -0.15) is 5.10 Å². The largest absolute Gasteiger partial charge is 0.287 e.